The van der Waals surface area contributed by atoms with Crippen molar-refractivity contribution < 1.29 is 37.3 Å². The number of nitrogens with zero attached hydrogens (tertiary/aromatic N) is 3. The predicted octanol–water partition coefficient (Wildman–Crippen LogP) is 2.03. The van der Waals surface area contributed by atoms with Crippen molar-refractivity contribution in [2.75, 3.05) is 25.3 Å². The van der Waals surface area contributed by atoms with Crippen LogP contribution in [0.5, 0.6) is 0 Å². The molecular weight excluding hydrogens is 474 g/mol. The summed E-state index contributed by atoms with van der Waals surface area (Å²) in [6.45, 7) is 1.15. The Morgan fingerprint density at radius 3 is 2.74 bits per heavy atom. The molecule has 0 bridgehead atoms. The molecule has 7 N–H and O–H groups in total. The molecule has 0 aliphatic heterocycles. The third kappa shape index (κ3) is 5.21. The fourth-order valence-electron chi connectivity index (χ4n) is 3.00. The summed E-state index contributed by atoms with van der Waals surface area (Å²) in [6, 6.07) is 2.18. The van der Waals surface area contributed by atoms with Gasteiger partial charge in [-0.2, -0.15) is 5.10 Å². The molecule has 0 spiro atoms. The number of carbonyl (C=O) groups excluding carboxylic acids is 1. The van der Waals surface area contributed by atoms with Crippen LogP contribution in [0.2, 0.25) is 0 Å². The Hall–Kier alpha value is -3.84. The van der Waals surface area contributed by atoms with Gasteiger partial charge in [-0.15, -0.1) is 0 Å². The van der Waals surface area contributed by atoms with Crippen molar-refractivity contribution in [2.24, 2.45) is 5.10 Å². The van der Waals surface area contributed by atoms with Gasteiger partial charge in [0.2, 0.25) is 0 Å². The Balaban J connectivity index is 2.05. The summed E-state index contributed by atoms with van der Waals surface area (Å²) >= 11 is 0. The quantitative estimate of drug-likeness (QED) is 0.0579. The van der Waals surface area contributed by atoms with E-state index in [0.717, 1.165) is 6.07 Å². The van der Waals surface area contributed by atoms with Crippen LogP contribution in [0, 0.1) is 5.82 Å². The summed E-state index contributed by atoms with van der Waals surface area (Å²) in [7, 11) is -3.48. The van der Waals surface area contributed by atoms with Gasteiger partial charge in [0.05, 0.1) is 30.0 Å². The number of hydrogen-bond donors (Lipinski definition) is 5. The molecule has 180 valence electrons. The monoisotopic (exact) mass is 494 g/mol. The van der Waals surface area contributed by atoms with E-state index in [1.165, 1.54) is 25.6 Å². The second kappa shape index (κ2) is 9.97. The first-order chi connectivity index (χ1) is 16.1. The van der Waals surface area contributed by atoms with Gasteiger partial charge in [-0.25, -0.2) is 13.8 Å². The van der Waals surface area contributed by atoms with E-state index in [1.807, 2.05) is 0 Å². The van der Waals surface area contributed by atoms with Crippen molar-refractivity contribution in [1.29, 1.82) is 0 Å². The zero-order chi connectivity index (χ0) is 25.0. The maximum absolute atomic E-state index is 14.8. The average Bonchev–Trinajstić information content (AvgIpc) is 3.17. The van der Waals surface area contributed by atoms with Crippen LogP contribution in [0.4, 0.5) is 15.9 Å². The van der Waals surface area contributed by atoms with Crippen LogP contribution in [0.1, 0.15) is 22.8 Å². The molecule has 3 aromatic rings. The summed E-state index contributed by atoms with van der Waals surface area (Å²) in [5.74, 6) is -1.59. The number of carbonyl (C=O) groups is 1. The van der Waals surface area contributed by atoms with Gasteiger partial charge in [0.1, 0.15) is 12.5 Å². The first-order valence-corrected chi connectivity index (χ1v) is 10.9. The number of rotatable bonds is 8. The van der Waals surface area contributed by atoms with E-state index >= 15 is 0 Å². The fourth-order valence-corrected chi connectivity index (χ4v) is 3.22. The predicted molar refractivity (Wildman–Crippen MR) is 121 cm³/mol. The van der Waals surface area contributed by atoms with E-state index in [1.54, 1.807) is 13.0 Å². The zero-order valence-electron chi connectivity index (χ0n) is 17.9. The van der Waals surface area contributed by atoms with Crippen molar-refractivity contribution in [3.8, 4) is 11.3 Å². The number of ether oxygens (including phenoxy) is 1. The molecule has 0 saturated carbocycles. The highest BCUT2D eigenvalue weighted by Crippen LogP contribution is 2.37. The van der Waals surface area contributed by atoms with Gasteiger partial charge in [0.25, 0.3) is 0 Å². The normalized spacial score (nSPS) is 12.4. The molecule has 0 radical (unpaired) electrons. The highest BCUT2D eigenvalue weighted by atomic mass is 31.2. The van der Waals surface area contributed by atoms with E-state index in [0.29, 0.717) is 11.1 Å². The Kier molecular flexibility index (Phi) is 7.27. The molecule has 1 aromatic carbocycles. The third-order valence-corrected chi connectivity index (χ3v) is 5.00. The molecule has 0 amide bonds. The number of nitrogen functional groups attached to an aromatic ring is 2. The first kappa shape index (κ1) is 24.8. The Bertz CT molecular complexity index is 1350. The lowest BCUT2D eigenvalue weighted by atomic mass is 9.99. The number of hydrazone groups is 1. The van der Waals surface area contributed by atoms with Crippen molar-refractivity contribution in [3.05, 3.63) is 41.3 Å². The molecule has 0 aliphatic rings. The minimum Gasteiger partial charge on any atom is -0.465 e. The molecule has 3 rings (SSSR count). The topological polar surface area (TPSA) is 208 Å². The molecule has 0 atom stereocenters. The molecule has 2 aromatic heterocycles. The van der Waals surface area contributed by atoms with Crippen LogP contribution < -0.4 is 16.9 Å². The minimum atomic E-state index is -4.64. The van der Waals surface area contributed by atoms with Crippen LogP contribution in [-0.2, 0) is 13.8 Å². The van der Waals surface area contributed by atoms with Crippen LogP contribution in [-0.4, -0.2) is 46.0 Å². The van der Waals surface area contributed by atoms with E-state index in [2.05, 4.69) is 29.9 Å². The molecule has 13 nitrogen and oxygen atoms in total. The van der Waals surface area contributed by atoms with Gasteiger partial charge in [-0.1, -0.05) is 11.2 Å². The number of fused-ring (bicyclic) bond motifs is 1. The second-order valence-corrected chi connectivity index (χ2v) is 7.87. The number of phosphoric acid groups is 1. The number of hydrogen-bond acceptors (Lipinski definition) is 11. The van der Waals surface area contributed by atoms with Crippen molar-refractivity contribution in [2.45, 2.75) is 6.92 Å². The zero-order valence-corrected chi connectivity index (χ0v) is 18.7. The van der Waals surface area contributed by atoms with Crippen LogP contribution in [0.15, 0.2) is 34.0 Å². The minimum absolute atomic E-state index is 0.0562. The summed E-state index contributed by atoms with van der Waals surface area (Å²) in [6.07, 6.45) is 4.32. The SMILES string of the molecule is C/C=C(\C=N/NCOP(=O)(O)O)c1cnc(-c2cc(C(=O)OC)c(N)cc2F)c2c(N)noc12. The van der Waals surface area contributed by atoms with E-state index in [9.17, 15) is 13.8 Å². The smallest absolute Gasteiger partial charge is 0.465 e. The number of esters is 1. The largest absolute Gasteiger partial charge is 0.471 e. The molecule has 0 aliphatic carbocycles. The highest BCUT2D eigenvalue weighted by Gasteiger charge is 2.23. The maximum Gasteiger partial charge on any atom is 0.471 e. The Morgan fingerprint density at radius 2 is 2.09 bits per heavy atom. The van der Waals surface area contributed by atoms with E-state index in [4.69, 9.17) is 25.8 Å². The fraction of sp³-hybridized carbons (Fsp3) is 0.158. The van der Waals surface area contributed by atoms with Crippen LogP contribution >= 0.6 is 7.82 Å². The number of methoxy groups -OCH3 is 1. The summed E-state index contributed by atoms with van der Waals surface area (Å²) in [5, 5.41) is 7.75. The van der Waals surface area contributed by atoms with Crippen LogP contribution in [0.25, 0.3) is 27.8 Å². The number of halogens is 1. The lowest BCUT2D eigenvalue weighted by Crippen LogP contribution is -2.10. The standard InChI is InChI=1S/C19H20FN6O7P/c1-3-9(6-24-25-8-32-34(28,29)30)12-7-23-16(15-17(12)33-26-18(15)22)10-4-11(19(27)31-2)14(21)5-13(10)20/h3-7,25H,8,21H2,1-2H3,(H2,22,26)(H2,28,29,30)/b9-3+,24-6-. The number of pyridine rings is 1. The first-order valence-electron chi connectivity index (χ1n) is 9.41. The van der Waals surface area contributed by atoms with Crippen LogP contribution in [0.3, 0.4) is 0 Å². The number of phosphoric ester groups is 1. The van der Waals surface area contributed by atoms with Gasteiger partial charge in [-0.05, 0) is 19.1 Å². The molecule has 15 heteroatoms. The number of nitrogens with one attached hydrogen (secondary N) is 1. The van der Waals surface area contributed by atoms with Gasteiger partial charge >= 0.3 is 13.8 Å². The van der Waals surface area contributed by atoms with Crippen molar-refractivity contribution >= 4 is 48.1 Å². The van der Waals surface area contributed by atoms with Gasteiger partial charge in [0, 0.05) is 28.6 Å². The average molecular weight is 494 g/mol. The number of nitrogens with two attached hydrogens (primary N) is 2. The lowest BCUT2D eigenvalue weighted by Gasteiger charge is -2.11. The molecular formula is C19H20FN6O7P. The van der Waals surface area contributed by atoms with Crippen molar-refractivity contribution in [1.82, 2.24) is 15.6 Å². The van der Waals surface area contributed by atoms with Gasteiger partial charge in [-0.3, -0.25) is 14.9 Å². The summed E-state index contributed by atoms with van der Waals surface area (Å²) in [4.78, 5) is 33.7. The Labute approximate surface area is 191 Å². The molecule has 0 saturated heterocycles. The highest BCUT2D eigenvalue weighted by molar-refractivity contribution is 7.46. The van der Waals surface area contributed by atoms with E-state index < -0.39 is 26.3 Å². The maximum atomic E-state index is 14.8. The number of benzene rings is 1. The Morgan fingerprint density at radius 1 is 1.35 bits per heavy atom. The number of anilines is 2. The van der Waals surface area contributed by atoms with E-state index in [-0.39, 0.29) is 39.3 Å². The van der Waals surface area contributed by atoms with Gasteiger partial charge < -0.3 is 30.5 Å². The number of aromatic nitrogens is 2. The number of allylic oxidation sites excluding steroid dienone is 2. The lowest BCUT2D eigenvalue weighted by molar-refractivity contribution is 0.0602. The molecule has 34 heavy (non-hydrogen) atoms. The third-order valence-electron chi connectivity index (χ3n) is 4.54. The van der Waals surface area contributed by atoms with Gasteiger partial charge in [0.15, 0.2) is 11.4 Å². The molecule has 0 fully saturated rings. The molecule has 2 heterocycles. The molecule has 0 unspecified atom stereocenters. The second-order valence-electron chi connectivity index (χ2n) is 6.63. The van der Waals surface area contributed by atoms with Crippen molar-refractivity contribution in [3.63, 3.8) is 0 Å². The summed E-state index contributed by atoms with van der Waals surface area (Å²) in [5.41, 5.74) is 14.8. The summed E-state index contributed by atoms with van der Waals surface area (Å²) < 4.78 is 39.8.